The number of amides is 1. The molecule has 0 aromatic heterocycles. The second-order valence-corrected chi connectivity index (χ2v) is 6.68. The van der Waals surface area contributed by atoms with Gasteiger partial charge in [-0.3, -0.25) is 4.79 Å². The Morgan fingerprint density at radius 1 is 1.08 bits per heavy atom. The van der Waals surface area contributed by atoms with Gasteiger partial charge in [0.2, 0.25) is 5.91 Å². The van der Waals surface area contributed by atoms with Crippen LogP contribution in [0.1, 0.15) is 12.0 Å². The number of hydrogen-bond donors (Lipinski definition) is 1. The van der Waals surface area contributed by atoms with Gasteiger partial charge in [0.15, 0.2) is 11.6 Å². The van der Waals surface area contributed by atoms with Crippen LogP contribution < -0.4 is 10.2 Å². The van der Waals surface area contributed by atoms with Crippen molar-refractivity contribution >= 4 is 23.4 Å². The van der Waals surface area contributed by atoms with E-state index in [0.29, 0.717) is 23.6 Å². The average Bonchev–Trinajstić information content (AvgIpc) is 2.56. The fraction of sp³-hybridized carbons (Fsp3) is 0.278. The van der Waals surface area contributed by atoms with Crippen LogP contribution in [0.5, 0.6) is 0 Å². The fourth-order valence-electron chi connectivity index (χ4n) is 2.03. The van der Waals surface area contributed by atoms with E-state index in [1.165, 1.54) is 17.8 Å². The first-order valence-electron chi connectivity index (χ1n) is 7.56. The van der Waals surface area contributed by atoms with Crippen LogP contribution in [0.25, 0.3) is 0 Å². The zero-order valence-corrected chi connectivity index (χ0v) is 14.5. The molecule has 1 amide bonds. The molecule has 0 aliphatic heterocycles. The van der Waals surface area contributed by atoms with E-state index < -0.39 is 11.6 Å². The molecule has 0 bridgehead atoms. The Kier molecular flexibility index (Phi) is 6.61. The molecule has 0 saturated carbocycles. The summed E-state index contributed by atoms with van der Waals surface area (Å²) < 4.78 is 25.9. The largest absolute Gasteiger partial charge is 0.378 e. The van der Waals surface area contributed by atoms with E-state index in [-0.39, 0.29) is 5.91 Å². The van der Waals surface area contributed by atoms with Gasteiger partial charge in [-0.1, -0.05) is 12.1 Å². The van der Waals surface area contributed by atoms with Gasteiger partial charge < -0.3 is 10.2 Å². The summed E-state index contributed by atoms with van der Waals surface area (Å²) in [5.41, 5.74) is 2.13. The minimum Gasteiger partial charge on any atom is -0.378 e. The first-order chi connectivity index (χ1) is 11.5. The van der Waals surface area contributed by atoms with Gasteiger partial charge in [-0.15, -0.1) is 11.8 Å². The summed E-state index contributed by atoms with van der Waals surface area (Å²) in [4.78, 5) is 14.5. The lowest BCUT2D eigenvalue weighted by Crippen LogP contribution is -2.23. The van der Waals surface area contributed by atoms with Crippen LogP contribution >= 0.6 is 11.8 Å². The minimum atomic E-state index is -0.870. The quantitative estimate of drug-likeness (QED) is 0.770. The Morgan fingerprint density at radius 2 is 1.79 bits per heavy atom. The molecule has 2 rings (SSSR count). The number of benzene rings is 2. The standard InChI is InChI=1S/C18H20F2N2OS/c1-22(2)14-5-3-13(4-6-14)12-21-18(23)9-10-24-15-7-8-16(19)17(20)11-15/h3-8,11H,9-10,12H2,1-2H3,(H,21,23). The van der Waals surface area contributed by atoms with Crippen molar-refractivity contribution in [2.75, 3.05) is 24.7 Å². The molecule has 0 spiro atoms. The molecule has 0 atom stereocenters. The number of carbonyl (C=O) groups excluding carboxylic acids is 1. The normalized spacial score (nSPS) is 10.5. The molecule has 0 aliphatic carbocycles. The van der Waals surface area contributed by atoms with E-state index in [4.69, 9.17) is 0 Å². The number of thioether (sulfide) groups is 1. The summed E-state index contributed by atoms with van der Waals surface area (Å²) in [6, 6.07) is 11.7. The number of halogens is 2. The Morgan fingerprint density at radius 3 is 2.42 bits per heavy atom. The van der Waals surface area contributed by atoms with Gasteiger partial charge in [-0.2, -0.15) is 0 Å². The Balaban J connectivity index is 1.72. The van der Waals surface area contributed by atoms with Crippen LogP contribution in [0.3, 0.4) is 0 Å². The van der Waals surface area contributed by atoms with Gasteiger partial charge in [0.1, 0.15) is 0 Å². The van der Waals surface area contributed by atoms with E-state index in [9.17, 15) is 13.6 Å². The molecule has 1 N–H and O–H groups in total. The summed E-state index contributed by atoms with van der Waals surface area (Å²) in [5, 5.41) is 2.85. The van der Waals surface area contributed by atoms with Crippen LogP contribution in [0.15, 0.2) is 47.4 Å². The van der Waals surface area contributed by atoms with Crippen molar-refractivity contribution < 1.29 is 13.6 Å². The van der Waals surface area contributed by atoms with Gasteiger partial charge in [0, 0.05) is 43.4 Å². The summed E-state index contributed by atoms with van der Waals surface area (Å²) in [6.45, 7) is 0.475. The lowest BCUT2D eigenvalue weighted by molar-refractivity contribution is -0.120. The van der Waals surface area contributed by atoms with Gasteiger partial charge in [-0.25, -0.2) is 8.78 Å². The predicted octanol–water partition coefficient (Wildman–Crippen LogP) is 3.83. The van der Waals surface area contributed by atoms with Crippen LogP contribution in [-0.4, -0.2) is 25.8 Å². The molecular formula is C18H20F2N2OS. The summed E-state index contributed by atoms with van der Waals surface area (Å²) >= 11 is 1.33. The summed E-state index contributed by atoms with van der Waals surface area (Å²) in [7, 11) is 3.95. The lowest BCUT2D eigenvalue weighted by atomic mass is 10.2. The van der Waals surface area contributed by atoms with Gasteiger partial charge >= 0.3 is 0 Å². The van der Waals surface area contributed by atoms with E-state index in [0.717, 1.165) is 23.4 Å². The molecule has 0 saturated heterocycles. The second-order valence-electron chi connectivity index (χ2n) is 5.51. The van der Waals surface area contributed by atoms with Crippen molar-refractivity contribution in [1.82, 2.24) is 5.32 Å². The first-order valence-corrected chi connectivity index (χ1v) is 8.55. The third-order valence-corrected chi connectivity index (χ3v) is 4.43. The maximum absolute atomic E-state index is 13.1. The van der Waals surface area contributed by atoms with Crippen molar-refractivity contribution in [3.05, 3.63) is 59.7 Å². The molecule has 2 aromatic carbocycles. The van der Waals surface area contributed by atoms with Gasteiger partial charge in [0.05, 0.1) is 0 Å². The minimum absolute atomic E-state index is 0.0678. The third-order valence-electron chi connectivity index (χ3n) is 3.43. The van der Waals surface area contributed by atoms with Crippen molar-refractivity contribution in [2.45, 2.75) is 17.9 Å². The lowest BCUT2D eigenvalue weighted by Gasteiger charge is -2.13. The number of carbonyl (C=O) groups is 1. The summed E-state index contributed by atoms with van der Waals surface area (Å²) in [6.07, 6.45) is 0.319. The highest BCUT2D eigenvalue weighted by Gasteiger charge is 2.05. The molecule has 0 radical (unpaired) electrons. The molecule has 24 heavy (non-hydrogen) atoms. The van der Waals surface area contributed by atoms with Crippen LogP contribution in [0, 0.1) is 11.6 Å². The van der Waals surface area contributed by atoms with Crippen LogP contribution in [0.4, 0.5) is 14.5 Å². The SMILES string of the molecule is CN(C)c1ccc(CNC(=O)CCSc2ccc(F)c(F)c2)cc1. The van der Waals surface area contributed by atoms with E-state index >= 15 is 0 Å². The number of anilines is 1. The number of hydrogen-bond acceptors (Lipinski definition) is 3. The van der Waals surface area contributed by atoms with Crippen molar-refractivity contribution in [3.8, 4) is 0 Å². The monoisotopic (exact) mass is 350 g/mol. The Hall–Kier alpha value is -2.08. The zero-order chi connectivity index (χ0) is 17.5. The zero-order valence-electron chi connectivity index (χ0n) is 13.7. The predicted molar refractivity (Wildman–Crippen MR) is 94.3 cm³/mol. The number of nitrogens with one attached hydrogen (secondary N) is 1. The van der Waals surface area contributed by atoms with Crippen molar-refractivity contribution in [1.29, 1.82) is 0 Å². The Labute approximate surface area is 145 Å². The number of rotatable bonds is 7. The number of nitrogens with zero attached hydrogens (tertiary/aromatic N) is 1. The molecule has 2 aromatic rings. The molecule has 0 aliphatic rings. The molecule has 0 fully saturated rings. The second kappa shape index (κ2) is 8.68. The molecule has 0 unspecified atom stereocenters. The van der Waals surface area contributed by atoms with Crippen LogP contribution in [0.2, 0.25) is 0 Å². The van der Waals surface area contributed by atoms with Gasteiger partial charge in [-0.05, 0) is 35.9 Å². The average molecular weight is 350 g/mol. The highest BCUT2D eigenvalue weighted by Crippen LogP contribution is 2.21. The van der Waals surface area contributed by atoms with Gasteiger partial charge in [0.25, 0.3) is 0 Å². The van der Waals surface area contributed by atoms with E-state index in [1.54, 1.807) is 0 Å². The highest BCUT2D eigenvalue weighted by atomic mass is 32.2. The topological polar surface area (TPSA) is 32.3 Å². The fourth-order valence-corrected chi connectivity index (χ4v) is 2.90. The molecule has 0 heterocycles. The van der Waals surface area contributed by atoms with Crippen LogP contribution in [-0.2, 0) is 11.3 Å². The molecular weight excluding hydrogens is 330 g/mol. The van der Waals surface area contributed by atoms with E-state index in [2.05, 4.69) is 5.32 Å². The maximum atomic E-state index is 13.1. The molecule has 6 heteroatoms. The smallest absolute Gasteiger partial charge is 0.221 e. The molecule has 3 nitrogen and oxygen atoms in total. The first kappa shape index (κ1) is 18.3. The van der Waals surface area contributed by atoms with Crippen molar-refractivity contribution in [2.24, 2.45) is 0 Å². The molecule has 128 valence electrons. The van der Waals surface area contributed by atoms with Crippen molar-refractivity contribution in [3.63, 3.8) is 0 Å². The third kappa shape index (κ3) is 5.53. The highest BCUT2D eigenvalue weighted by molar-refractivity contribution is 7.99. The maximum Gasteiger partial charge on any atom is 0.221 e. The Bertz CT molecular complexity index is 690. The van der Waals surface area contributed by atoms with E-state index in [1.807, 2.05) is 43.3 Å². The summed E-state index contributed by atoms with van der Waals surface area (Å²) in [5.74, 6) is -1.29.